The third kappa shape index (κ3) is 4.14. The summed E-state index contributed by atoms with van der Waals surface area (Å²) in [4.78, 5) is 39.2. The maximum atomic E-state index is 13.3. The van der Waals surface area contributed by atoms with E-state index in [0.29, 0.717) is 42.0 Å². The number of carbonyl (C=O) groups is 1. The van der Waals surface area contributed by atoms with Gasteiger partial charge in [0, 0.05) is 13.1 Å². The summed E-state index contributed by atoms with van der Waals surface area (Å²) < 4.78 is 9.31. The fourth-order valence-corrected chi connectivity index (χ4v) is 3.83. The van der Waals surface area contributed by atoms with Crippen molar-refractivity contribution in [3.05, 3.63) is 86.6 Å². The summed E-state index contributed by atoms with van der Waals surface area (Å²) in [5, 5.41) is 7.27. The molecule has 0 aliphatic carbocycles. The van der Waals surface area contributed by atoms with E-state index in [-0.39, 0.29) is 19.0 Å². The van der Waals surface area contributed by atoms with Gasteiger partial charge in [0.05, 0.1) is 18.5 Å². The first-order valence-corrected chi connectivity index (χ1v) is 10.5. The molecule has 32 heavy (non-hydrogen) atoms. The number of hydrogen-bond acceptors (Lipinski definition) is 5. The Labute approximate surface area is 183 Å². The van der Waals surface area contributed by atoms with E-state index in [1.54, 1.807) is 23.7 Å². The molecule has 1 aromatic carbocycles. The molecule has 9 heteroatoms. The van der Waals surface area contributed by atoms with Crippen LogP contribution >= 0.6 is 0 Å². The van der Waals surface area contributed by atoms with Crippen molar-refractivity contribution in [2.45, 2.75) is 39.9 Å². The SMILES string of the molecule is CCn1nc(C)c2c1c(=O)n(Cc1ccco1)c(=O)n2CC(=O)NCCc1ccccc1. The van der Waals surface area contributed by atoms with Crippen LogP contribution < -0.4 is 16.6 Å². The summed E-state index contributed by atoms with van der Waals surface area (Å²) in [6.07, 6.45) is 2.17. The van der Waals surface area contributed by atoms with Gasteiger partial charge in [-0.1, -0.05) is 30.3 Å². The Balaban J connectivity index is 1.67. The lowest BCUT2D eigenvalue weighted by Gasteiger charge is -2.13. The molecule has 0 fully saturated rings. The third-order valence-electron chi connectivity index (χ3n) is 5.35. The van der Waals surface area contributed by atoms with Gasteiger partial charge < -0.3 is 9.73 Å². The van der Waals surface area contributed by atoms with Crippen LogP contribution in [0.2, 0.25) is 0 Å². The molecule has 0 spiro atoms. The first kappa shape index (κ1) is 21.4. The van der Waals surface area contributed by atoms with Crippen LogP contribution in [0.25, 0.3) is 11.0 Å². The second-order valence-electron chi connectivity index (χ2n) is 7.52. The van der Waals surface area contributed by atoms with Crippen LogP contribution in [0.5, 0.6) is 0 Å². The molecule has 0 saturated carbocycles. The van der Waals surface area contributed by atoms with Crippen LogP contribution in [-0.4, -0.2) is 31.4 Å². The fourth-order valence-electron chi connectivity index (χ4n) is 3.83. The van der Waals surface area contributed by atoms with Crippen molar-refractivity contribution in [2.75, 3.05) is 6.54 Å². The Morgan fingerprint density at radius 2 is 1.84 bits per heavy atom. The number of nitrogens with zero attached hydrogens (tertiary/aromatic N) is 4. The summed E-state index contributed by atoms with van der Waals surface area (Å²) in [5.74, 6) is 0.165. The van der Waals surface area contributed by atoms with Crippen LogP contribution in [0.15, 0.2) is 62.7 Å². The largest absolute Gasteiger partial charge is 0.467 e. The molecular weight excluding hydrogens is 410 g/mol. The highest BCUT2D eigenvalue weighted by Gasteiger charge is 2.22. The zero-order valence-corrected chi connectivity index (χ0v) is 18.1. The zero-order chi connectivity index (χ0) is 22.7. The quantitative estimate of drug-likeness (QED) is 0.454. The van der Waals surface area contributed by atoms with E-state index in [9.17, 15) is 14.4 Å². The number of amides is 1. The van der Waals surface area contributed by atoms with Gasteiger partial charge in [-0.15, -0.1) is 0 Å². The third-order valence-corrected chi connectivity index (χ3v) is 5.35. The number of benzene rings is 1. The topological polar surface area (TPSA) is 104 Å². The molecule has 0 aliphatic heterocycles. The van der Waals surface area contributed by atoms with E-state index in [1.165, 1.54) is 10.8 Å². The van der Waals surface area contributed by atoms with Gasteiger partial charge in [0.2, 0.25) is 5.91 Å². The summed E-state index contributed by atoms with van der Waals surface area (Å²) in [6, 6.07) is 13.2. The van der Waals surface area contributed by atoms with E-state index in [0.717, 1.165) is 10.1 Å². The van der Waals surface area contributed by atoms with Crippen molar-refractivity contribution in [3.63, 3.8) is 0 Å². The molecular formula is C23H25N5O4. The molecule has 166 valence electrons. The van der Waals surface area contributed by atoms with Gasteiger partial charge in [-0.3, -0.25) is 23.4 Å². The van der Waals surface area contributed by atoms with Crippen molar-refractivity contribution in [3.8, 4) is 0 Å². The second-order valence-corrected chi connectivity index (χ2v) is 7.52. The van der Waals surface area contributed by atoms with Gasteiger partial charge in [0.25, 0.3) is 5.56 Å². The number of aryl methyl sites for hydroxylation is 2. The van der Waals surface area contributed by atoms with Gasteiger partial charge in [-0.25, -0.2) is 4.79 Å². The van der Waals surface area contributed by atoms with Gasteiger partial charge >= 0.3 is 5.69 Å². The first-order chi connectivity index (χ1) is 15.5. The van der Waals surface area contributed by atoms with E-state index >= 15 is 0 Å². The van der Waals surface area contributed by atoms with Gasteiger partial charge in [0.1, 0.15) is 17.8 Å². The average Bonchev–Trinajstić information content (AvgIpc) is 3.42. The van der Waals surface area contributed by atoms with E-state index < -0.39 is 11.2 Å². The number of hydrogen-bond donors (Lipinski definition) is 1. The Morgan fingerprint density at radius 1 is 1.06 bits per heavy atom. The van der Waals surface area contributed by atoms with Crippen molar-refractivity contribution >= 4 is 16.9 Å². The van der Waals surface area contributed by atoms with E-state index in [1.807, 2.05) is 37.3 Å². The Morgan fingerprint density at radius 3 is 2.53 bits per heavy atom. The molecule has 0 saturated heterocycles. The minimum Gasteiger partial charge on any atom is -0.467 e. The number of aromatic nitrogens is 4. The number of rotatable bonds is 8. The molecule has 1 N–H and O–H groups in total. The normalized spacial score (nSPS) is 11.2. The Bertz CT molecular complexity index is 1350. The lowest BCUT2D eigenvalue weighted by Crippen LogP contribution is -2.43. The summed E-state index contributed by atoms with van der Waals surface area (Å²) in [5.41, 5.74) is 1.29. The monoisotopic (exact) mass is 435 g/mol. The van der Waals surface area contributed by atoms with Gasteiger partial charge in [-0.05, 0) is 38.0 Å². The summed E-state index contributed by atoms with van der Waals surface area (Å²) in [6.45, 7) is 4.27. The van der Waals surface area contributed by atoms with Crippen LogP contribution in [0.4, 0.5) is 0 Å². The van der Waals surface area contributed by atoms with Gasteiger partial charge in [-0.2, -0.15) is 5.10 Å². The van der Waals surface area contributed by atoms with Crippen LogP contribution in [-0.2, 0) is 30.8 Å². The molecule has 9 nitrogen and oxygen atoms in total. The number of furan rings is 1. The van der Waals surface area contributed by atoms with E-state index in [4.69, 9.17) is 4.42 Å². The predicted octanol–water partition coefficient (Wildman–Crippen LogP) is 1.69. The number of nitrogens with one attached hydrogen (secondary N) is 1. The number of carbonyl (C=O) groups excluding carboxylic acids is 1. The maximum Gasteiger partial charge on any atom is 0.332 e. The van der Waals surface area contributed by atoms with E-state index in [2.05, 4.69) is 10.4 Å². The zero-order valence-electron chi connectivity index (χ0n) is 18.1. The molecule has 0 unspecified atom stereocenters. The fraction of sp³-hybridized carbons (Fsp3) is 0.304. The van der Waals surface area contributed by atoms with Crippen molar-refractivity contribution in [1.82, 2.24) is 24.2 Å². The minimum atomic E-state index is -0.573. The molecule has 1 amide bonds. The maximum absolute atomic E-state index is 13.3. The Hall–Kier alpha value is -3.88. The summed E-state index contributed by atoms with van der Waals surface area (Å²) >= 11 is 0. The average molecular weight is 435 g/mol. The molecule has 0 atom stereocenters. The predicted molar refractivity (Wildman–Crippen MR) is 120 cm³/mol. The van der Waals surface area contributed by atoms with Crippen LogP contribution in [0.1, 0.15) is 23.9 Å². The molecule has 0 aliphatic rings. The minimum absolute atomic E-state index is 0.0236. The lowest BCUT2D eigenvalue weighted by atomic mass is 10.1. The standard InChI is InChI=1S/C23H25N5O4/c1-3-28-21-20(16(2)25-28)26(15-19(29)24-12-11-17-8-5-4-6-9-17)23(31)27(22(21)30)14-18-10-7-13-32-18/h4-10,13H,3,11-12,14-15H2,1-2H3,(H,24,29). The second kappa shape index (κ2) is 9.09. The molecule has 3 heterocycles. The van der Waals surface area contributed by atoms with Crippen LogP contribution in [0.3, 0.4) is 0 Å². The van der Waals surface area contributed by atoms with Crippen LogP contribution in [0, 0.1) is 6.92 Å². The smallest absolute Gasteiger partial charge is 0.332 e. The highest BCUT2D eigenvalue weighted by atomic mass is 16.3. The van der Waals surface area contributed by atoms with Gasteiger partial charge in [0.15, 0.2) is 5.52 Å². The number of fused-ring (bicyclic) bond motifs is 1. The van der Waals surface area contributed by atoms with Crippen molar-refractivity contribution < 1.29 is 9.21 Å². The molecule has 4 aromatic rings. The van der Waals surface area contributed by atoms with Crippen molar-refractivity contribution in [2.24, 2.45) is 0 Å². The highest BCUT2D eigenvalue weighted by Crippen LogP contribution is 2.14. The van der Waals surface area contributed by atoms with Crippen molar-refractivity contribution in [1.29, 1.82) is 0 Å². The Kier molecular flexibility index (Phi) is 6.07. The molecule has 0 radical (unpaired) electrons. The highest BCUT2D eigenvalue weighted by molar-refractivity contribution is 5.81. The lowest BCUT2D eigenvalue weighted by molar-refractivity contribution is -0.121. The summed E-state index contributed by atoms with van der Waals surface area (Å²) in [7, 11) is 0. The molecule has 0 bridgehead atoms. The molecule has 4 rings (SSSR count). The molecule has 3 aromatic heterocycles. The first-order valence-electron chi connectivity index (χ1n) is 10.5.